The molecule has 9 nitrogen and oxygen atoms in total. The zero-order valence-electron chi connectivity index (χ0n) is 16.2. The summed E-state index contributed by atoms with van der Waals surface area (Å²) in [5.74, 6) is 0. The molecule has 1 aliphatic rings. The number of anilines is 1. The summed E-state index contributed by atoms with van der Waals surface area (Å²) in [7, 11) is -3.80. The predicted octanol–water partition coefficient (Wildman–Crippen LogP) is 2.56. The summed E-state index contributed by atoms with van der Waals surface area (Å²) in [5.41, 5.74) is 0.180. The molecule has 28 heavy (non-hydrogen) atoms. The van der Waals surface area contributed by atoms with E-state index in [-0.39, 0.29) is 29.1 Å². The molecule has 0 atom stereocenters. The van der Waals surface area contributed by atoms with Crippen LogP contribution < -0.4 is 4.90 Å². The van der Waals surface area contributed by atoms with E-state index < -0.39 is 14.9 Å². The van der Waals surface area contributed by atoms with Crippen LogP contribution in [0.15, 0.2) is 23.1 Å². The number of rotatable bonds is 4. The second-order valence-electron chi connectivity index (χ2n) is 7.74. The molecule has 0 N–H and O–H groups in total. The van der Waals surface area contributed by atoms with E-state index in [0.717, 1.165) is 16.2 Å². The minimum atomic E-state index is -3.80. The van der Waals surface area contributed by atoms with Crippen molar-refractivity contribution in [3.05, 3.63) is 38.9 Å². The van der Waals surface area contributed by atoms with Crippen LogP contribution in [0.3, 0.4) is 0 Å². The third-order valence-electron chi connectivity index (χ3n) is 4.57. The highest BCUT2D eigenvalue weighted by molar-refractivity contribution is 7.89. The number of piperazine rings is 1. The van der Waals surface area contributed by atoms with Gasteiger partial charge < -0.3 is 4.90 Å². The fourth-order valence-corrected chi connectivity index (χ4v) is 5.51. The Morgan fingerprint density at radius 2 is 1.79 bits per heavy atom. The van der Waals surface area contributed by atoms with Gasteiger partial charge in [0.1, 0.15) is 5.01 Å². The fraction of sp³-hybridized carbons (Fsp3) is 0.529. The molecule has 1 aromatic heterocycles. The van der Waals surface area contributed by atoms with Gasteiger partial charge >= 0.3 is 0 Å². The van der Waals surface area contributed by atoms with Gasteiger partial charge in [-0.05, 0) is 12.5 Å². The monoisotopic (exact) mass is 425 g/mol. The van der Waals surface area contributed by atoms with Crippen LogP contribution in [0.4, 0.5) is 10.8 Å². The van der Waals surface area contributed by atoms with E-state index in [0.29, 0.717) is 18.7 Å². The maximum atomic E-state index is 13.0. The summed E-state index contributed by atoms with van der Waals surface area (Å²) in [5, 5.41) is 21.2. The summed E-state index contributed by atoms with van der Waals surface area (Å²) in [6.07, 6.45) is 0. The molecular formula is C17H23N5O4S2. The first-order valence-electron chi connectivity index (χ1n) is 8.84. The Hall–Kier alpha value is -2.11. The molecule has 0 spiro atoms. The zero-order chi connectivity index (χ0) is 20.7. The van der Waals surface area contributed by atoms with Crippen LogP contribution >= 0.6 is 11.3 Å². The molecule has 0 amide bonds. The van der Waals surface area contributed by atoms with E-state index >= 15 is 0 Å². The van der Waals surface area contributed by atoms with E-state index in [1.807, 2.05) is 4.90 Å². The number of aryl methyl sites for hydroxylation is 1. The summed E-state index contributed by atoms with van der Waals surface area (Å²) in [6, 6.07) is 3.92. The Labute approximate surface area is 168 Å². The average Bonchev–Trinajstić information content (AvgIpc) is 3.12. The fourth-order valence-electron chi connectivity index (χ4n) is 2.89. The lowest BCUT2D eigenvalue weighted by atomic mass is 9.98. The summed E-state index contributed by atoms with van der Waals surface area (Å²) >= 11 is 1.52. The number of nitrogens with zero attached hydrogens (tertiary/aromatic N) is 5. The van der Waals surface area contributed by atoms with Crippen molar-refractivity contribution in [2.45, 2.75) is 38.0 Å². The number of nitro groups is 1. The van der Waals surface area contributed by atoms with Crippen molar-refractivity contribution in [3.8, 4) is 0 Å². The minimum absolute atomic E-state index is 0.0129. The molecular weight excluding hydrogens is 402 g/mol. The third kappa shape index (κ3) is 4.01. The van der Waals surface area contributed by atoms with Crippen LogP contribution in [0.2, 0.25) is 0 Å². The minimum Gasteiger partial charge on any atom is -0.344 e. The topological polar surface area (TPSA) is 110 Å². The van der Waals surface area contributed by atoms with Crippen molar-refractivity contribution in [1.82, 2.24) is 14.5 Å². The van der Waals surface area contributed by atoms with Crippen LogP contribution in [0.25, 0.3) is 0 Å². The van der Waals surface area contributed by atoms with Gasteiger partial charge in [0.25, 0.3) is 5.69 Å². The molecule has 0 radical (unpaired) electrons. The summed E-state index contributed by atoms with van der Waals surface area (Å²) < 4.78 is 27.4. The maximum Gasteiger partial charge on any atom is 0.270 e. The van der Waals surface area contributed by atoms with Crippen molar-refractivity contribution in [2.75, 3.05) is 31.1 Å². The van der Waals surface area contributed by atoms with Gasteiger partial charge in [0, 0.05) is 43.7 Å². The lowest BCUT2D eigenvalue weighted by molar-refractivity contribution is -0.385. The Morgan fingerprint density at radius 1 is 1.14 bits per heavy atom. The van der Waals surface area contributed by atoms with Crippen molar-refractivity contribution in [2.24, 2.45) is 0 Å². The van der Waals surface area contributed by atoms with Gasteiger partial charge in [-0.25, -0.2) is 8.42 Å². The normalized spacial score (nSPS) is 16.4. The smallest absolute Gasteiger partial charge is 0.270 e. The first-order chi connectivity index (χ1) is 13.0. The second kappa shape index (κ2) is 7.37. The summed E-state index contributed by atoms with van der Waals surface area (Å²) in [4.78, 5) is 12.4. The van der Waals surface area contributed by atoms with E-state index in [1.165, 1.54) is 27.8 Å². The maximum absolute atomic E-state index is 13.0. The number of non-ortho nitro benzene ring substituents is 1. The Kier molecular flexibility index (Phi) is 5.43. The number of aromatic nitrogens is 2. The Balaban J connectivity index is 1.76. The van der Waals surface area contributed by atoms with E-state index in [1.54, 1.807) is 6.92 Å². The molecule has 1 aromatic carbocycles. The van der Waals surface area contributed by atoms with Crippen LogP contribution in [-0.2, 0) is 15.4 Å². The van der Waals surface area contributed by atoms with Crippen LogP contribution in [0.1, 0.15) is 31.3 Å². The average molecular weight is 426 g/mol. The quantitative estimate of drug-likeness (QED) is 0.547. The number of benzene rings is 1. The predicted molar refractivity (Wildman–Crippen MR) is 107 cm³/mol. The highest BCUT2D eigenvalue weighted by Gasteiger charge is 2.32. The van der Waals surface area contributed by atoms with E-state index in [9.17, 15) is 18.5 Å². The van der Waals surface area contributed by atoms with Crippen molar-refractivity contribution >= 4 is 32.2 Å². The molecule has 11 heteroatoms. The third-order valence-corrected chi connectivity index (χ3v) is 8.02. The van der Waals surface area contributed by atoms with Crippen LogP contribution in [-0.4, -0.2) is 54.0 Å². The van der Waals surface area contributed by atoms with Crippen molar-refractivity contribution < 1.29 is 13.3 Å². The number of hydrogen-bond donors (Lipinski definition) is 0. The zero-order valence-corrected chi connectivity index (χ0v) is 17.9. The van der Waals surface area contributed by atoms with Crippen molar-refractivity contribution in [1.29, 1.82) is 0 Å². The van der Waals surface area contributed by atoms with E-state index in [4.69, 9.17) is 0 Å². The number of sulfonamides is 1. The molecule has 2 heterocycles. The van der Waals surface area contributed by atoms with Gasteiger partial charge in [-0.15, -0.1) is 10.2 Å². The first-order valence-corrected chi connectivity index (χ1v) is 11.1. The van der Waals surface area contributed by atoms with Gasteiger partial charge in [-0.2, -0.15) is 4.31 Å². The highest BCUT2D eigenvalue weighted by Crippen LogP contribution is 2.31. The van der Waals surface area contributed by atoms with E-state index in [2.05, 4.69) is 31.0 Å². The summed E-state index contributed by atoms with van der Waals surface area (Å²) in [6.45, 7) is 9.42. The van der Waals surface area contributed by atoms with Gasteiger partial charge in [0.15, 0.2) is 0 Å². The van der Waals surface area contributed by atoms with Gasteiger partial charge in [-0.1, -0.05) is 38.2 Å². The molecule has 0 saturated carbocycles. The molecule has 2 aromatic rings. The molecule has 3 rings (SSSR count). The SMILES string of the molecule is Cc1ccc([N+](=O)[O-])cc1S(=O)(=O)N1CCN(c2nnc(C(C)(C)C)s2)CC1. The lowest BCUT2D eigenvalue weighted by Gasteiger charge is -2.33. The van der Waals surface area contributed by atoms with Crippen molar-refractivity contribution in [3.63, 3.8) is 0 Å². The van der Waals surface area contributed by atoms with Crippen LogP contribution in [0.5, 0.6) is 0 Å². The van der Waals surface area contributed by atoms with Crippen LogP contribution in [0, 0.1) is 17.0 Å². The van der Waals surface area contributed by atoms with Gasteiger partial charge in [-0.3, -0.25) is 10.1 Å². The molecule has 1 aliphatic heterocycles. The molecule has 0 bridgehead atoms. The highest BCUT2D eigenvalue weighted by atomic mass is 32.2. The number of nitro benzene ring substituents is 1. The molecule has 152 valence electrons. The van der Waals surface area contributed by atoms with Gasteiger partial charge in [0.2, 0.25) is 15.2 Å². The number of hydrogen-bond acceptors (Lipinski definition) is 8. The Morgan fingerprint density at radius 3 is 2.32 bits per heavy atom. The Bertz CT molecular complexity index is 989. The lowest BCUT2D eigenvalue weighted by Crippen LogP contribution is -2.48. The largest absolute Gasteiger partial charge is 0.344 e. The van der Waals surface area contributed by atoms with Gasteiger partial charge in [0.05, 0.1) is 9.82 Å². The molecule has 0 aliphatic carbocycles. The molecule has 0 unspecified atom stereocenters. The molecule has 1 saturated heterocycles. The second-order valence-corrected chi connectivity index (χ2v) is 10.6. The standard InChI is InChI=1S/C17H23N5O4S2/c1-12-5-6-13(22(23)24)11-14(12)28(25,26)21-9-7-20(8-10-21)16-19-18-15(27-16)17(2,3)4/h5-6,11H,7-10H2,1-4H3. The first kappa shape index (κ1) is 20.6. The molecule has 1 fully saturated rings.